The van der Waals surface area contributed by atoms with Crippen LogP contribution in [-0.2, 0) is 10.2 Å². The fourth-order valence-electron chi connectivity index (χ4n) is 4.45. The molecule has 0 saturated carbocycles. The standard InChI is InChI=1S/C23H24ClN3OS/c1-22(2)13-23(3,15-6-8-16(24)9-7-15)17-11-14(5-10-18(17)27(22)4)12-19-20(28)26-21(25)29-19/h5-12H,13H2,1-4H3,(H2,25,26,28)/b19-12+. The number of amidine groups is 1. The Balaban J connectivity index is 1.87. The second-order valence-electron chi connectivity index (χ2n) is 8.56. The van der Waals surface area contributed by atoms with Crippen molar-refractivity contribution in [3.63, 3.8) is 0 Å². The first-order chi connectivity index (χ1) is 13.6. The predicted octanol–water partition coefficient (Wildman–Crippen LogP) is 5.40. The molecule has 2 heterocycles. The highest BCUT2D eigenvalue weighted by molar-refractivity contribution is 8.18. The van der Waals surface area contributed by atoms with E-state index in [2.05, 4.69) is 62.3 Å². The number of rotatable bonds is 2. The SMILES string of the molecule is CN1c2ccc(/C=C3/SC(=N)NC3=O)cc2C(C)(c2ccc(Cl)cc2)CC1(C)C. The lowest BCUT2D eigenvalue weighted by molar-refractivity contribution is -0.115. The molecule has 1 atom stereocenters. The van der Waals surface area contributed by atoms with Crippen molar-refractivity contribution in [2.75, 3.05) is 11.9 Å². The number of nitrogens with zero attached hydrogens (tertiary/aromatic N) is 1. The summed E-state index contributed by atoms with van der Waals surface area (Å²) in [4.78, 5) is 14.9. The Morgan fingerprint density at radius 2 is 1.86 bits per heavy atom. The van der Waals surface area contributed by atoms with Crippen LogP contribution in [0.15, 0.2) is 47.4 Å². The van der Waals surface area contributed by atoms with Crippen molar-refractivity contribution in [1.29, 1.82) is 5.41 Å². The van der Waals surface area contributed by atoms with Gasteiger partial charge in [0.15, 0.2) is 5.17 Å². The van der Waals surface area contributed by atoms with Crippen LogP contribution in [0.4, 0.5) is 5.69 Å². The molecule has 2 aromatic rings. The third-order valence-electron chi connectivity index (χ3n) is 6.11. The van der Waals surface area contributed by atoms with Crippen LogP contribution in [0.5, 0.6) is 0 Å². The second-order valence-corrected chi connectivity index (χ2v) is 10.0. The van der Waals surface area contributed by atoms with Gasteiger partial charge in [0.05, 0.1) is 4.91 Å². The number of anilines is 1. The zero-order valence-corrected chi connectivity index (χ0v) is 18.5. The Hall–Kier alpha value is -2.24. The minimum Gasteiger partial charge on any atom is -0.369 e. The lowest BCUT2D eigenvalue weighted by atomic mass is 9.65. The number of amides is 1. The summed E-state index contributed by atoms with van der Waals surface area (Å²) in [7, 11) is 2.14. The van der Waals surface area contributed by atoms with Gasteiger partial charge in [0.2, 0.25) is 0 Å². The molecule has 0 bridgehead atoms. The molecule has 1 unspecified atom stereocenters. The fraction of sp³-hybridized carbons (Fsp3) is 0.304. The monoisotopic (exact) mass is 425 g/mol. The molecule has 1 amide bonds. The summed E-state index contributed by atoms with van der Waals surface area (Å²) in [5.41, 5.74) is 4.40. The van der Waals surface area contributed by atoms with Crippen LogP contribution in [0, 0.1) is 5.41 Å². The van der Waals surface area contributed by atoms with Gasteiger partial charge in [-0.2, -0.15) is 0 Å². The summed E-state index contributed by atoms with van der Waals surface area (Å²) in [5, 5.41) is 11.1. The average molecular weight is 426 g/mol. The Morgan fingerprint density at radius 3 is 2.48 bits per heavy atom. The minimum absolute atomic E-state index is 0.0162. The number of hydrogen-bond donors (Lipinski definition) is 2. The van der Waals surface area contributed by atoms with E-state index in [0.717, 1.165) is 28.8 Å². The summed E-state index contributed by atoms with van der Waals surface area (Å²) in [6.45, 7) is 6.82. The molecule has 1 fully saturated rings. The molecule has 0 spiro atoms. The van der Waals surface area contributed by atoms with Gasteiger partial charge in [0.25, 0.3) is 5.91 Å². The van der Waals surface area contributed by atoms with Crippen LogP contribution < -0.4 is 10.2 Å². The first-order valence-electron chi connectivity index (χ1n) is 9.54. The zero-order valence-electron chi connectivity index (χ0n) is 17.0. The maximum Gasteiger partial charge on any atom is 0.264 e. The van der Waals surface area contributed by atoms with Crippen molar-refractivity contribution in [2.24, 2.45) is 0 Å². The quantitative estimate of drug-likeness (QED) is 0.633. The number of benzene rings is 2. The molecule has 0 radical (unpaired) electrons. The number of thioether (sulfide) groups is 1. The van der Waals surface area contributed by atoms with E-state index < -0.39 is 0 Å². The highest BCUT2D eigenvalue weighted by atomic mass is 35.5. The summed E-state index contributed by atoms with van der Waals surface area (Å²) in [5.74, 6) is -0.212. The first-order valence-corrected chi connectivity index (χ1v) is 10.7. The van der Waals surface area contributed by atoms with Crippen LogP contribution in [0.1, 0.15) is 43.9 Å². The van der Waals surface area contributed by atoms with Gasteiger partial charge < -0.3 is 10.2 Å². The summed E-state index contributed by atoms with van der Waals surface area (Å²) in [6, 6.07) is 14.5. The molecule has 150 valence electrons. The molecular weight excluding hydrogens is 402 g/mol. The van der Waals surface area contributed by atoms with Gasteiger partial charge in [-0.3, -0.25) is 10.2 Å². The third-order valence-corrected chi connectivity index (χ3v) is 7.19. The first kappa shape index (κ1) is 20.0. The number of carbonyl (C=O) groups excluding carboxylic acids is 1. The van der Waals surface area contributed by atoms with E-state index in [0.29, 0.717) is 4.91 Å². The number of fused-ring (bicyclic) bond motifs is 1. The Morgan fingerprint density at radius 1 is 1.17 bits per heavy atom. The van der Waals surface area contributed by atoms with E-state index in [1.807, 2.05) is 24.3 Å². The maximum atomic E-state index is 12.0. The van der Waals surface area contributed by atoms with Crippen molar-refractivity contribution < 1.29 is 4.79 Å². The van der Waals surface area contributed by atoms with Gasteiger partial charge in [-0.1, -0.05) is 36.7 Å². The topological polar surface area (TPSA) is 56.2 Å². The van der Waals surface area contributed by atoms with Gasteiger partial charge >= 0.3 is 0 Å². The van der Waals surface area contributed by atoms with E-state index in [1.165, 1.54) is 16.8 Å². The van der Waals surface area contributed by atoms with Gasteiger partial charge in [0.1, 0.15) is 0 Å². The minimum atomic E-state index is -0.212. The lowest BCUT2D eigenvalue weighted by Crippen LogP contribution is -2.51. The highest BCUT2D eigenvalue weighted by Gasteiger charge is 2.44. The van der Waals surface area contributed by atoms with Crippen molar-refractivity contribution in [2.45, 2.75) is 38.1 Å². The van der Waals surface area contributed by atoms with Crippen LogP contribution in [0.2, 0.25) is 5.02 Å². The number of carbonyl (C=O) groups is 1. The molecule has 2 aliphatic rings. The van der Waals surface area contributed by atoms with E-state index in [1.54, 1.807) is 0 Å². The smallest absolute Gasteiger partial charge is 0.264 e. The summed E-state index contributed by atoms with van der Waals surface area (Å²) >= 11 is 7.31. The highest BCUT2D eigenvalue weighted by Crippen LogP contribution is 2.50. The fourth-order valence-corrected chi connectivity index (χ4v) is 5.28. The lowest BCUT2D eigenvalue weighted by Gasteiger charge is -2.51. The van der Waals surface area contributed by atoms with Crippen LogP contribution in [0.3, 0.4) is 0 Å². The summed E-state index contributed by atoms with van der Waals surface area (Å²) < 4.78 is 0. The number of halogens is 1. The third kappa shape index (κ3) is 3.47. The Labute approximate surface area is 180 Å². The molecule has 4 nitrogen and oxygen atoms in total. The molecule has 1 saturated heterocycles. The predicted molar refractivity (Wildman–Crippen MR) is 123 cm³/mol. The van der Waals surface area contributed by atoms with Gasteiger partial charge in [0, 0.05) is 28.7 Å². The maximum absolute atomic E-state index is 12.0. The Bertz CT molecular complexity index is 1040. The molecule has 2 N–H and O–H groups in total. The average Bonchev–Trinajstić information content (AvgIpc) is 2.97. The zero-order chi connectivity index (χ0) is 21.0. The molecule has 0 aromatic heterocycles. The van der Waals surface area contributed by atoms with E-state index >= 15 is 0 Å². The van der Waals surface area contributed by atoms with E-state index in [-0.39, 0.29) is 22.0 Å². The Kier molecular flexibility index (Phi) is 4.79. The largest absolute Gasteiger partial charge is 0.369 e. The molecule has 0 aliphatic carbocycles. The van der Waals surface area contributed by atoms with Crippen LogP contribution >= 0.6 is 23.4 Å². The van der Waals surface area contributed by atoms with Crippen molar-refractivity contribution in [3.05, 3.63) is 69.1 Å². The number of nitrogens with one attached hydrogen (secondary N) is 2. The molecule has 4 rings (SSSR count). The van der Waals surface area contributed by atoms with Crippen molar-refractivity contribution >= 4 is 46.2 Å². The number of hydrogen-bond acceptors (Lipinski definition) is 4. The van der Waals surface area contributed by atoms with Crippen molar-refractivity contribution in [3.8, 4) is 0 Å². The van der Waals surface area contributed by atoms with Gasteiger partial charge in [-0.05, 0) is 79.1 Å². The van der Waals surface area contributed by atoms with E-state index in [4.69, 9.17) is 17.0 Å². The normalized spacial score (nSPS) is 24.6. The molecule has 2 aliphatic heterocycles. The van der Waals surface area contributed by atoms with Crippen LogP contribution in [0.25, 0.3) is 6.08 Å². The molecule has 6 heteroatoms. The van der Waals surface area contributed by atoms with Crippen molar-refractivity contribution in [1.82, 2.24) is 5.32 Å². The van der Waals surface area contributed by atoms with Gasteiger partial charge in [-0.25, -0.2) is 0 Å². The molecule has 2 aromatic carbocycles. The summed E-state index contributed by atoms with van der Waals surface area (Å²) in [6.07, 6.45) is 2.81. The van der Waals surface area contributed by atoms with E-state index in [9.17, 15) is 4.79 Å². The molecular formula is C23H24ClN3OS. The van der Waals surface area contributed by atoms with Crippen LogP contribution in [-0.4, -0.2) is 23.7 Å². The second kappa shape index (κ2) is 6.92. The van der Waals surface area contributed by atoms with Gasteiger partial charge in [-0.15, -0.1) is 0 Å². The molecule has 29 heavy (non-hydrogen) atoms.